The Hall–Kier alpha value is -2.95. The van der Waals surface area contributed by atoms with Crippen LogP contribution in [0.4, 0.5) is 10.1 Å². The van der Waals surface area contributed by atoms with Gasteiger partial charge in [-0.2, -0.15) is 5.10 Å². The number of amides is 1. The molecule has 134 valence electrons. The normalized spacial score (nSPS) is 11.0. The summed E-state index contributed by atoms with van der Waals surface area (Å²) in [6, 6.07) is 12.3. The molecular weight excluding hydrogens is 329 g/mol. The van der Waals surface area contributed by atoms with Crippen LogP contribution in [0.25, 0.3) is 5.69 Å². The second-order valence-corrected chi connectivity index (χ2v) is 6.65. The van der Waals surface area contributed by atoms with Crippen molar-refractivity contribution in [1.82, 2.24) is 9.78 Å². The van der Waals surface area contributed by atoms with Crippen LogP contribution in [0, 0.1) is 19.7 Å². The Balaban J connectivity index is 1.95. The van der Waals surface area contributed by atoms with E-state index in [0.29, 0.717) is 16.9 Å². The van der Waals surface area contributed by atoms with Crippen molar-refractivity contribution >= 4 is 11.6 Å². The van der Waals surface area contributed by atoms with Gasteiger partial charge in [-0.25, -0.2) is 9.07 Å². The van der Waals surface area contributed by atoms with E-state index in [9.17, 15) is 9.18 Å². The number of nitrogens with one attached hydrogen (secondary N) is 1. The fourth-order valence-electron chi connectivity index (χ4n) is 3.02. The van der Waals surface area contributed by atoms with Gasteiger partial charge in [-0.05, 0) is 43.0 Å². The molecule has 26 heavy (non-hydrogen) atoms. The lowest BCUT2D eigenvalue weighted by molar-refractivity contribution is 0.102. The second kappa shape index (κ2) is 7.12. The Morgan fingerprint density at radius 2 is 1.85 bits per heavy atom. The zero-order valence-corrected chi connectivity index (χ0v) is 15.4. The third kappa shape index (κ3) is 3.25. The number of benzene rings is 2. The molecule has 0 aliphatic heterocycles. The number of rotatable bonds is 4. The Morgan fingerprint density at radius 3 is 2.54 bits per heavy atom. The van der Waals surface area contributed by atoms with Gasteiger partial charge in [-0.15, -0.1) is 0 Å². The third-order valence-corrected chi connectivity index (χ3v) is 4.50. The predicted molar refractivity (Wildman–Crippen MR) is 101 cm³/mol. The van der Waals surface area contributed by atoms with Gasteiger partial charge in [-0.1, -0.05) is 44.2 Å². The molecule has 0 radical (unpaired) electrons. The molecule has 0 saturated carbocycles. The quantitative estimate of drug-likeness (QED) is 0.719. The van der Waals surface area contributed by atoms with E-state index in [1.807, 2.05) is 25.1 Å². The first-order valence-corrected chi connectivity index (χ1v) is 8.60. The van der Waals surface area contributed by atoms with Crippen molar-refractivity contribution in [3.05, 3.63) is 76.9 Å². The molecule has 0 saturated heterocycles. The Kier molecular flexibility index (Phi) is 4.89. The maximum Gasteiger partial charge on any atom is 0.259 e. The monoisotopic (exact) mass is 351 g/mol. The zero-order chi connectivity index (χ0) is 18.8. The van der Waals surface area contributed by atoms with Gasteiger partial charge in [0.1, 0.15) is 11.5 Å². The molecule has 5 heteroatoms. The van der Waals surface area contributed by atoms with Gasteiger partial charge in [0.15, 0.2) is 0 Å². The summed E-state index contributed by atoms with van der Waals surface area (Å²) in [5.74, 6) is -0.347. The van der Waals surface area contributed by atoms with Crippen molar-refractivity contribution in [3.63, 3.8) is 0 Å². The predicted octanol–water partition coefficient (Wildman–Crippen LogP) is 5.00. The fraction of sp³-hybridized carbons (Fsp3) is 0.238. The highest BCUT2D eigenvalue weighted by Crippen LogP contribution is 2.28. The van der Waals surface area contributed by atoms with Crippen molar-refractivity contribution in [3.8, 4) is 5.69 Å². The van der Waals surface area contributed by atoms with Crippen LogP contribution in [0.15, 0.2) is 48.7 Å². The topological polar surface area (TPSA) is 46.9 Å². The number of halogens is 1. The minimum absolute atomic E-state index is 0.249. The summed E-state index contributed by atoms with van der Waals surface area (Å²) >= 11 is 0. The number of nitrogens with zero attached hydrogens (tertiary/aromatic N) is 2. The molecule has 0 atom stereocenters. The lowest BCUT2D eigenvalue weighted by Gasteiger charge is -2.16. The van der Waals surface area contributed by atoms with Crippen LogP contribution in [0.3, 0.4) is 0 Å². The fourth-order valence-corrected chi connectivity index (χ4v) is 3.02. The zero-order valence-electron chi connectivity index (χ0n) is 15.4. The smallest absolute Gasteiger partial charge is 0.259 e. The molecule has 4 nitrogen and oxygen atoms in total. The van der Waals surface area contributed by atoms with Crippen LogP contribution in [-0.2, 0) is 0 Å². The van der Waals surface area contributed by atoms with Gasteiger partial charge in [0.05, 0.1) is 17.5 Å². The first-order valence-electron chi connectivity index (χ1n) is 8.60. The van der Waals surface area contributed by atoms with Gasteiger partial charge in [0, 0.05) is 5.69 Å². The number of carbonyl (C=O) groups excluding carboxylic acids is 1. The maximum atomic E-state index is 14.0. The van der Waals surface area contributed by atoms with E-state index in [1.54, 1.807) is 25.1 Å². The standard InChI is InChI=1S/C21H22FN3O/c1-13(2)16-9-7-8-14(3)20(16)24-21(26)17-12-23-25(15(17)4)19-11-6-5-10-18(19)22/h5-13H,1-4H3,(H,24,26). The summed E-state index contributed by atoms with van der Waals surface area (Å²) in [7, 11) is 0. The molecular formula is C21H22FN3O. The highest BCUT2D eigenvalue weighted by atomic mass is 19.1. The Labute approximate surface area is 152 Å². The van der Waals surface area contributed by atoms with E-state index >= 15 is 0 Å². The van der Waals surface area contributed by atoms with Gasteiger partial charge >= 0.3 is 0 Å². The molecule has 1 amide bonds. The van der Waals surface area contributed by atoms with E-state index in [4.69, 9.17) is 0 Å². The van der Waals surface area contributed by atoms with Gasteiger partial charge in [0.2, 0.25) is 0 Å². The van der Waals surface area contributed by atoms with E-state index in [1.165, 1.54) is 16.9 Å². The minimum Gasteiger partial charge on any atom is -0.321 e. The van der Waals surface area contributed by atoms with Crippen LogP contribution >= 0.6 is 0 Å². The highest BCUT2D eigenvalue weighted by molar-refractivity contribution is 6.05. The SMILES string of the molecule is Cc1cccc(C(C)C)c1NC(=O)c1cnn(-c2ccccc2F)c1C. The molecule has 1 heterocycles. The van der Waals surface area contributed by atoms with Crippen LogP contribution < -0.4 is 5.32 Å². The summed E-state index contributed by atoms with van der Waals surface area (Å²) in [5.41, 5.74) is 4.24. The van der Waals surface area contributed by atoms with Crippen molar-refractivity contribution in [2.45, 2.75) is 33.6 Å². The van der Waals surface area contributed by atoms with Gasteiger partial charge in [0.25, 0.3) is 5.91 Å². The number of aromatic nitrogens is 2. The van der Waals surface area contributed by atoms with Gasteiger partial charge < -0.3 is 5.32 Å². The molecule has 0 bridgehead atoms. The Bertz CT molecular complexity index is 960. The van der Waals surface area contributed by atoms with E-state index < -0.39 is 0 Å². The molecule has 1 aromatic heterocycles. The largest absolute Gasteiger partial charge is 0.321 e. The summed E-state index contributed by atoms with van der Waals surface area (Å²) < 4.78 is 15.5. The molecule has 0 spiro atoms. The number of para-hydroxylation sites is 2. The maximum absolute atomic E-state index is 14.0. The van der Waals surface area contributed by atoms with Crippen molar-refractivity contribution in [2.24, 2.45) is 0 Å². The number of hydrogen-bond donors (Lipinski definition) is 1. The van der Waals surface area contributed by atoms with Gasteiger partial charge in [-0.3, -0.25) is 4.79 Å². The number of aryl methyl sites for hydroxylation is 1. The van der Waals surface area contributed by atoms with E-state index in [0.717, 1.165) is 16.8 Å². The molecule has 0 fully saturated rings. The number of hydrogen-bond acceptors (Lipinski definition) is 2. The van der Waals surface area contributed by atoms with Crippen molar-refractivity contribution in [2.75, 3.05) is 5.32 Å². The van der Waals surface area contributed by atoms with E-state index in [2.05, 4.69) is 24.3 Å². The van der Waals surface area contributed by atoms with Crippen LogP contribution in [0.1, 0.15) is 46.9 Å². The molecule has 0 unspecified atom stereocenters. The first-order chi connectivity index (χ1) is 12.4. The van der Waals surface area contributed by atoms with Crippen molar-refractivity contribution < 1.29 is 9.18 Å². The molecule has 3 rings (SSSR count). The summed E-state index contributed by atoms with van der Waals surface area (Å²) in [6.07, 6.45) is 1.48. The average Bonchev–Trinajstić information content (AvgIpc) is 2.98. The lowest BCUT2D eigenvalue weighted by atomic mass is 9.98. The highest BCUT2D eigenvalue weighted by Gasteiger charge is 2.19. The van der Waals surface area contributed by atoms with Crippen molar-refractivity contribution in [1.29, 1.82) is 0 Å². The third-order valence-electron chi connectivity index (χ3n) is 4.50. The molecule has 1 N–H and O–H groups in total. The van der Waals surface area contributed by atoms with Crippen LogP contribution in [0.2, 0.25) is 0 Å². The Morgan fingerprint density at radius 1 is 1.12 bits per heavy atom. The summed E-state index contributed by atoms with van der Waals surface area (Å²) in [5, 5.41) is 7.22. The van der Waals surface area contributed by atoms with Crippen LogP contribution in [0.5, 0.6) is 0 Å². The lowest BCUT2D eigenvalue weighted by Crippen LogP contribution is -2.16. The van der Waals surface area contributed by atoms with Crippen LogP contribution in [-0.4, -0.2) is 15.7 Å². The molecule has 2 aromatic carbocycles. The van der Waals surface area contributed by atoms with E-state index in [-0.39, 0.29) is 17.6 Å². The molecule has 0 aliphatic carbocycles. The summed E-state index contributed by atoms with van der Waals surface area (Å²) in [6.45, 7) is 7.91. The molecule has 3 aromatic rings. The molecule has 0 aliphatic rings. The second-order valence-electron chi connectivity index (χ2n) is 6.65. The average molecular weight is 351 g/mol. The summed E-state index contributed by atoms with van der Waals surface area (Å²) in [4.78, 5) is 12.8. The number of carbonyl (C=O) groups is 1. The first kappa shape index (κ1) is 17.9. The number of anilines is 1. The minimum atomic E-state index is -0.383.